The lowest BCUT2D eigenvalue weighted by Gasteiger charge is -2.37. The molecule has 0 aromatic heterocycles. The summed E-state index contributed by atoms with van der Waals surface area (Å²) in [5, 5.41) is 2.43. The molecule has 2 fully saturated rings. The molecule has 2 saturated carbocycles. The minimum absolute atomic E-state index is 0.600. The van der Waals surface area contributed by atoms with Crippen LogP contribution in [0.4, 0.5) is 34.1 Å². The molecule has 8 aromatic carbocycles. The van der Waals surface area contributed by atoms with E-state index in [2.05, 4.69) is 219 Å². The summed E-state index contributed by atoms with van der Waals surface area (Å²) in [7, 11) is 0. The molecule has 296 valence electrons. The summed E-state index contributed by atoms with van der Waals surface area (Å²) in [5.41, 5.74) is 18.2. The Balaban J connectivity index is 1.03. The third kappa shape index (κ3) is 7.19. The Morgan fingerprint density at radius 1 is 0.333 bits per heavy atom. The first-order valence-electron chi connectivity index (χ1n) is 21.9. The van der Waals surface area contributed by atoms with Crippen LogP contribution in [-0.4, -0.2) is 0 Å². The van der Waals surface area contributed by atoms with Crippen molar-refractivity contribution in [2.24, 2.45) is 0 Å². The number of hydrogen-bond acceptors (Lipinski definition) is 2. The summed E-state index contributed by atoms with van der Waals surface area (Å²) < 4.78 is 0. The normalized spacial score (nSPS) is 18.4. The van der Waals surface area contributed by atoms with Crippen molar-refractivity contribution in [1.82, 2.24) is 0 Å². The predicted octanol–water partition coefficient (Wildman–Crippen LogP) is 16.3. The SMILES string of the molecule is Cc1ccc(N(c2ccc(C3CC(c4ccccc4)C3)c(C)c2)c2ccc(N(c3ccc(C)cc3)c3ccc(C4CC(c5ccccc5)C4)c(C)c3)c3ccccc23)cc1. The first kappa shape index (κ1) is 37.9. The first-order chi connectivity index (χ1) is 29.4. The molecule has 0 atom stereocenters. The molecule has 0 saturated heterocycles. The summed E-state index contributed by atoms with van der Waals surface area (Å²) in [6, 6.07) is 68.1. The van der Waals surface area contributed by atoms with Crippen molar-refractivity contribution in [1.29, 1.82) is 0 Å². The second-order valence-electron chi connectivity index (χ2n) is 17.6. The average molecular weight is 779 g/mol. The summed E-state index contributed by atoms with van der Waals surface area (Å²) in [6.07, 6.45) is 4.86. The molecule has 0 aliphatic heterocycles. The maximum Gasteiger partial charge on any atom is 0.0541 e. The number of hydrogen-bond donors (Lipinski definition) is 0. The number of nitrogens with zero attached hydrogens (tertiary/aromatic N) is 2. The van der Waals surface area contributed by atoms with E-state index in [1.807, 2.05) is 0 Å². The quantitative estimate of drug-likeness (QED) is 0.136. The van der Waals surface area contributed by atoms with Crippen molar-refractivity contribution >= 4 is 44.9 Å². The van der Waals surface area contributed by atoms with Crippen LogP contribution >= 0.6 is 0 Å². The second kappa shape index (κ2) is 16.0. The smallest absolute Gasteiger partial charge is 0.0541 e. The number of fused-ring (bicyclic) bond motifs is 1. The van der Waals surface area contributed by atoms with Crippen LogP contribution in [0.3, 0.4) is 0 Å². The molecule has 0 amide bonds. The Hall–Kier alpha value is -6.38. The fraction of sp³-hybridized carbons (Fsp3) is 0.207. The summed E-state index contributed by atoms with van der Waals surface area (Å²) >= 11 is 0. The lowest BCUT2D eigenvalue weighted by molar-refractivity contribution is 0.350. The van der Waals surface area contributed by atoms with Crippen LogP contribution in [0.5, 0.6) is 0 Å². The van der Waals surface area contributed by atoms with Gasteiger partial charge in [-0.05, 0) is 171 Å². The van der Waals surface area contributed by atoms with Crippen molar-refractivity contribution in [3.63, 3.8) is 0 Å². The Kier molecular flexibility index (Phi) is 10.1. The highest BCUT2D eigenvalue weighted by Gasteiger charge is 2.34. The van der Waals surface area contributed by atoms with Gasteiger partial charge in [-0.2, -0.15) is 0 Å². The molecule has 2 nitrogen and oxygen atoms in total. The lowest BCUT2D eigenvalue weighted by atomic mass is 9.68. The van der Waals surface area contributed by atoms with E-state index in [9.17, 15) is 0 Å². The molecule has 0 N–H and O–H groups in total. The van der Waals surface area contributed by atoms with E-state index in [0.29, 0.717) is 23.7 Å². The van der Waals surface area contributed by atoms with Crippen LogP contribution in [0, 0.1) is 27.7 Å². The van der Waals surface area contributed by atoms with E-state index in [1.54, 1.807) is 0 Å². The number of rotatable bonds is 10. The molecule has 0 radical (unpaired) electrons. The van der Waals surface area contributed by atoms with E-state index in [0.717, 1.165) is 11.4 Å². The van der Waals surface area contributed by atoms with Crippen LogP contribution in [0.1, 0.15) is 93.9 Å². The standard InChI is InChI=1S/C58H54N2/c1-39-19-23-49(24-20-39)59(51-27-29-53(41(3)33-51)47-35-45(36-47)43-13-7-5-8-14-43)57-31-32-58(56-18-12-11-17-55(56)57)60(50-25-21-40(2)22-26-50)52-28-30-54(42(4)34-52)48-37-46(38-48)44-15-9-6-10-16-44/h5-34,45-48H,35-38H2,1-4H3. The molecule has 0 spiro atoms. The van der Waals surface area contributed by atoms with Gasteiger partial charge in [0.25, 0.3) is 0 Å². The van der Waals surface area contributed by atoms with E-state index >= 15 is 0 Å². The molecule has 60 heavy (non-hydrogen) atoms. The van der Waals surface area contributed by atoms with Crippen LogP contribution in [-0.2, 0) is 0 Å². The van der Waals surface area contributed by atoms with Crippen LogP contribution in [0.25, 0.3) is 10.8 Å². The van der Waals surface area contributed by atoms with Gasteiger partial charge in [0.05, 0.1) is 11.4 Å². The van der Waals surface area contributed by atoms with Gasteiger partial charge in [0.1, 0.15) is 0 Å². The summed E-state index contributed by atoms with van der Waals surface area (Å²) in [6.45, 7) is 8.95. The molecule has 10 rings (SSSR count). The first-order valence-corrected chi connectivity index (χ1v) is 21.9. The van der Waals surface area contributed by atoms with Crippen LogP contribution in [0.15, 0.2) is 182 Å². The van der Waals surface area contributed by atoms with E-state index in [-0.39, 0.29) is 0 Å². The fourth-order valence-corrected chi connectivity index (χ4v) is 10.2. The second-order valence-corrected chi connectivity index (χ2v) is 17.6. The van der Waals surface area contributed by atoms with Gasteiger partial charge in [-0.3, -0.25) is 0 Å². The van der Waals surface area contributed by atoms with E-state index in [1.165, 1.54) is 104 Å². The number of benzene rings is 8. The van der Waals surface area contributed by atoms with Crippen molar-refractivity contribution in [2.45, 2.75) is 77.0 Å². The molecule has 0 bridgehead atoms. The molecule has 0 heterocycles. The maximum absolute atomic E-state index is 2.46. The van der Waals surface area contributed by atoms with Gasteiger partial charge in [-0.25, -0.2) is 0 Å². The molecule has 2 aliphatic carbocycles. The van der Waals surface area contributed by atoms with E-state index in [4.69, 9.17) is 0 Å². The Bertz CT molecular complexity index is 2560. The van der Waals surface area contributed by atoms with Gasteiger partial charge in [-0.15, -0.1) is 0 Å². The zero-order chi connectivity index (χ0) is 40.7. The highest BCUT2D eigenvalue weighted by molar-refractivity contribution is 6.07. The molecular weight excluding hydrogens is 725 g/mol. The summed E-state index contributed by atoms with van der Waals surface area (Å²) in [4.78, 5) is 4.93. The third-order valence-electron chi connectivity index (χ3n) is 13.7. The van der Waals surface area contributed by atoms with Gasteiger partial charge in [-0.1, -0.05) is 132 Å². The van der Waals surface area contributed by atoms with Gasteiger partial charge >= 0.3 is 0 Å². The number of aryl methyl sites for hydroxylation is 4. The molecule has 2 aliphatic rings. The lowest BCUT2D eigenvalue weighted by Crippen LogP contribution is -2.21. The van der Waals surface area contributed by atoms with Gasteiger partial charge in [0, 0.05) is 33.5 Å². The van der Waals surface area contributed by atoms with Crippen molar-refractivity contribution < 1.29 is 0 Å². The number of anilines is 6. The highest BCUT2D eigenvalue weighted by Crippen LogP contribution is 2.51. The Morgan fingerprint density at radius 3 is 1.05 bits per heavy atom. The molecule has 0 unspecified atom stereocenters. The highest BCUT2D eigenvalue weighted by atomic mass is 15.2. The monoisotopic (exact) mass is 778 g/mol. The van der Waals surface area contributed by atoms with Crippen LogP contribution in [0.2, 0.25) is 0 Å². The van der Waals surface area contributed by atoms with Gasteiger partial charge in [0.15, 0.2) is 0 Å². The van der Waals surface area contributed by atoms with E-state index < -0.39 is 0 Å². The third-order valence-corrected chi connectivity index (χ3v) is 13.7. The Morgan fingerprint density at radius 2 is 0.683 bits per heavy atom. The zero-order valence-corrected chi connectivity index (χ0v) is 35.4. The molecule has 8 aromatic rings. The van der Waals surface area contributed by atoms with Crippen molar-refractivity contribution in [3.8, 4) is 0 Å². The largest absolute Gasteiger partial charge is 0.310 e. The Labute approximate surface area is 356 Å². The fourth-order valence-electron chi connectivity index (χ4n) is 10.2. The van der Waals surface area contributed by atoms with Crippen LogP contribution < -0.4 is 9.80 Å². The summed E-state index contributed by atoms with van der Waals surface area (Å²) in [5.74, 6) is 2.51. The van der Waals surface area contributed by atoms with Gasteiger partial charge in [0.2, 0.25) is 0 Å². The predicted molar refractivity (Wildman–Crippen MR) is 255 cm³/mol. The topological polar surface area (TPSA) is 6.48 Å². The zero-order valence-electron chi connectivity index (χ0n) is 35.4. The minimum atomic E-state index is 0.600. The maximum atomic E-state index is 2.46. The van der Waals surface area contributed by atoms with Crippen molar-refractivity contribution in [3.05, 3.63) is 226 Å². The molecular formula is C58H54N2. The molecule has 2 heteroatoms. The van der Waals surface area contributed by atoms with Gasteiger partial charge < -0.3 is 9.80 Å². The van der Waals surface area contributed by atoms with Crippen molar-refractivity contribution in [2.75, 3.05) is 9.80 Å². The minimum Gasteiger partial charge on any atom is -0.310 e. The average Bonchev–Trinajstić information content (AvgIpc) is 3.24.